The van der Waals surface area contributed by atoms with E-state index in [0.29, 0.717) is 48.2 Å². The number of carbonyl (C=O) groups is 2. The number of rotatable bonds is 5. The fraction of sp³-hybridized carbons (Fsp3) is 0.333. The second-order valence-corrected chi connectivity index (χ2v) is 10.0. The number of benzene rings is 2. The molecule has 1 fully saturated rings. The van der Waals surface area contributed by atoms with E-state index in [0.717, 1.165) is 0 Å². The second kappa shape index (κ2) is 9.37. The summed E-state index contributed by atoms with van der Waals surface area (Å²) < 4.78 is 25.1. The van der Waals surface area contributed by atoms with E-state index in [1.165, 1.54) is 12.1 Å². The van der Waals surface area contributed by atoms with Crippen LogP contribution in [0.5, 0.6) is 0 Å². The smallest absolute Gasteiger partial charge is 0.255 e. The number of sulfone groups is 1. The van der Waals surface area contributed by atoms with Gasteiger partial charge in [-0.3, -0.25) is 9.59 Å². The first-order valence-electron chi connectivity index (χ1n) is 9.59. The Morgan fingerprint density at radius 3 is 2.00 bits per heavy atom. The lowest BCUT2D eigenvalue weighted by atomic mass is 10.1. The van der Waals surface area contributed by atoms with Gasteiger partial charge < -0.3 is 9.80 Å². The molecule has 0 atom stereocenters. The number of piperazine rings is 1. The molecule has 0 N–H and O–H groups in total. The summed E-state index contributed by atoms with van der Waals surface area (Å²) >= 11 is 12.0. The van der Waals surface area contributed by atoms with E-state index in [1.807, 2.05) is 0 Å². The summed E-state index contributed by atoms with van der Waals surface area (Å²) in [6.45, 7) is 3.06. The summed E-state index contributed by atoms with van der Waals surface area (Å²) in [5.41, 5.74) is 0.565. The Morgan fingerprint density at radius 1 is 0.900 bits per heavy atom. The summed E-state index contributed by atoms with van der Waals surface area (Å²) in [5.74, 6) is -0.567. The fourth-order valence-corrected chi connectivity index (χ4v) is 5.50. The zero-order chi connectivity index (χ0) is 21.9. The maximum absolute atomic E-state index is 13.0. The molecule has 1 aliphatic heterocycles. The summed E-state index contributed by atoms with van der Waals surface area (Å²) in [6, 6.07) is 11.0. The summed E-state index contributed by atoms with van der Waals surface area (Å²) in [5, 5.41) is 0.758. The van der Waals surface area contributed by atoms with E-state index in [4.69, 9.17) is 23.2 Å². The van der Waals surface area contributed by atoms with Crippen molar-refractivity contribution in [3.8, 4) is 0 Å². The molecule has 0 aromatic heterocycles. The fourth-order valence-electron chi connectivity index (χ4n) is 3.44. The van der Waals surface area contributed by atoms with Crippen molar-refractivity contribution in [3.63, 3.8) is 0 Å². The Balaban J connectivity index is 1.73. The SMILES string of the molecule is CCCS(=O)(=O)c1ccccc1C(=O)N1CCN(C(=O)c2cc(Cl)cc(Cl)c2)CC1. The van der Waals surface area contributed by atoms with E-state index in [-0.39, 0.29) is 28.0 Å². The highest BCUT2D eigenvalue weighted by Gasteiger charge is 2.29. The lowest BCUT2D eigenvalue weighted by Gasteiger charge is -2.35. The van der Waals surface area contributed by atoms with Crippen LogP contribution in [0.1, 0.15) is 34.1 Å². The molecular weight excluding hydrogens is 447 g/mol. The monoisotopic (exact) mass is 468 g/mol. The van der Waals surface area contributed by atoms with Crippen molar-refractivity contribution in [2.24, 2.45) is 0 Å². The van der Waals surface area contributed by atoms with Crippen LogP contribution in [0.2, 0.25) is 10.0 Å². The van der Waals surface area contributed by atoms with Crippen molar-refractivity contribution in [2.45, 2.75) is 18.2 Å². The molecule has 9 heteroatoms. The topological polar surface area (TPSA) is 74.8 Å². The molecule has 1 aliphatic rings. The number of hydrogen-bond acceptors (Lipinski definition) is 4. The molecule has 1 saturated heterocycles. The molecule has 6 nitrogen and oxygen atoms in total. The van der Waals surface area contributed by atoms with Gasteiger partial charge in [0.25, 0.3) is 11.8 Å². The molecule has 0 aliphatic carbocycles. The molecule has 160 valence electrons. The summed E-state index contributed by atoms with van der Waals surface area (Å²) in [4.78, 5) is 29.0. The van der Waals surface area contributed by atoms with E-state index in [9.17, 15) is 18.0 Å². The summed E-state index contributed by atoms with van der Waals surface area (Å²) in [7, 11) is -3.53. The normalized spacial score (nSPS) is 14.6. The van der Waals surface area contributed by atoms with Gasteiger partial charge in [0.2, 0.25) is 0 Å². The van der Waals surface area contributed by atoms with E-state index in [2.05, 4.69) is 0 Å². The van der Waals surface area contributed by atoms with E-state index in [1.54, 1.807) is 47.1 Å². The van der Waals surface area contributed by atoms with Crippen LogP contribution in [0.15, 0.2) is 47.4 Å². The Morgan fingerprint density at radius 2 is 1.43 bits per heavy atom. The van der Waals surface area contributed by atoms with Gasteiger partial charge in [0.15, 0.2) is 9.84 Å². The Hall–Kier alpha value is -2.09. The van der Waals surface area contributed by atoms with Gasteiger partial charge in [-0.1, -0.05) is 42.3 Å². The molecule has 0 spiro atoms. The maximum Gasteiger partial charge on any atom is 0.255 e. The van der Waals surface area contributed by atoms with Crippen molar-refractivity contribution in [1.82, 2.24) is 9.80 Å². The number of halogens is 2. The molecule has 0 bridgehead atoms. The third-order valence-corrected chi connectivity index (χ3v) is 7.30. The molecule has 2 amide bonds. The van der Waals surface area contributed by atoms with Gasteiger partial charge in [0.05, 0.1) is 16.2 Å². The average molecular weight is 469 g/mol. The lowest BCUT2D eigenvalue weighted by Crippen LogP contribution is -2.50. The van der Waals surface area contributed by atoms with Crippen LogP contribution in [0.4, 0.5) is 0 Å². The number of hydrogen-bond donors (Lipinski definition) is 0. The third kappa shape index (κ3) is 4.96. The second-order valence-electron chi connectivity index (χ2n) is 7.06. The number of amides is 2. The van der Waals surface area contributed by atoms with Gasteiger partial charge in [-0.2, -0.15) is 0 Å². The van der Waals surface area contributed by atoms with Crippen LogP contribution < -0.4 is 0 Å². The van der Waals surface area contributed by atoms with Gasteiger partial charge in [0.1, 0.15) is 0 Å². The van der Waals surface area contributed by atoms with Crippen LogP contribution in [-0.4, -0.2) is 62.0 Å². The van der Waals surface area contributed by atoms with Crippen molar-refractivity contribution in [2.75, 3.05) is 31.9 Å². The minimum Gasteiger partial charge on any atom is -0.335 e. The summed E-state index contributed by atoms with van der Waals surface area (Å²) in [6.07, 6.45) is 0.471. The lowest BCUT2D eigenvalue weighted by molar-refractivity contribution is 0.0533. The first-order valence-corrected chi connectivity index (χ1v) is 12.0. The van der Waals surface area contributed by atoms with Gasteiger partial charge in [-0.15, -0.1) is 0 Å². The molecule has 30 heavy (non-hydrogen) atoms. The predicted molar refractivity (Wildman–Crippen MR) is 117 cm³/mol. The predicted octanol–water partition coefficient (Wildman–Crippen LogP) is 3.78. The zero-order valence-electron chi connectivity index (χ0n) is 16.5. The number of carbonyl (C=O) groups excluding carboxylic acids is 2. The Kier molecular flexibility index (Phi) is 7.06. The molecular formula is C21H22Cl2N2O4S. The standard InChI is InChI=1S/C21H22Cl2N2O4S/c1-2-11-30(28,29)19-6-4-3-5-18(19)21(27)25-9-7-24(8-10-25)20(26)15-12-16(22)14-17(23)13-15/h3-6,12-14H,2,7-11H2,1H3. The molecule has 0 saturated carbocycles. The molecule has 3 rings (SSSR count). The molecule has 1 heterocycles. The van der Waals surface area contributed by atoms with Crippen LogP contribution in [0, 0.1) is 0 Å². The average Bonchev–Trinajstić information content (AvgIpc) is 2.72. The highest BCUT2D eigenvalue weighted by molar-refractivity contribution is 7.91. The van der Waals surface area contributed by atoms with Crippen molar-refractivity contribution in [1.29, 1.82) is 0 Å². The molecule has 2 aromatic carbocycles. The van der Waals surface area contributed by atoms with Crippen LogP contribution in [-0.2, 0) is 9.84 Å². The van der Waals surface area contributed by atoms with Gasteiger partial charge in [-0.05, 0) is 36.8 Å². The minimum absolute atomic E-state index is 0.0121. The van der Waals surface area contributed by atoms with Crippen molar-refractivity contribution < 1.29 is 18.0 Å². The Bertz CT molecular complexity index is 1040. The maximum atomic E-state index is 13.0. The molecule has 0 unspecified atom stereocenters. The van der Waals surface area contributed by atoms with E-state index < -0.39 is 9.84 Å². The Labute approximate surface area is 186 Å². The van der Waals surface area contributed by atoms with Crippen LogP contribution in [0.25, 0.3) is 0 Å². The highest BCUT2D eigenvalue weighted by atomic mass is 35.5. The van der Waals surface area contributed by atoms with Gasteiger partial charge in [-0.25, -0.2) is 8.42 Å². The number of nitrogens with zero attached hydrogens (tertiary/aromatic N) is 2. The van der Waals surface area contributed by atoms with Crippen LogP contribution >= 0.6 is 23.2 Å². The first kappa shape index (κ1) is 22.6. The first-order chi connectivity index (χ1) is 14.2. The largest absolute Gasteiger partial charge is 0.335 e. The van der Waals surface area contributed by atoms with Crippen molar-refractivity contribution in [3.05, 3.63) is 63.6 Å². The van der Waals surface area contributed by atoms with E-state index >= 15 is 0 Å². The highest BCUT2D eigenvalue weighted by Crippen LogP contribution is 2.22. The molecule has 0 radical (unpaired) electrons. The van der Waals surface area contributed by atoms with Crippen molar-refractivity contribution >= 4 is 44.9 Å². The third-order valence-electron chi connectivity index (χ3n) is 4.89. The minimum atomic E-state index is -3.53. The molecule has 2 aromatic rings. The van der Waals surface area contributed by atoms with Gasteiger partial charge >= 0.3 is 0 Å². The van der Waals surface area contributed by atoms with Crippen LogP contribution in [0.3, 0.4) is 0 Å². The van der Waals surface area contributed by atoms with Gasteiger partial charge in [0, 0.05) is 41.8 Å². The quantitative estimate of drug-likeness (QED) is 0.668. The zero-order valence-corrected chi connectivity index (χ0v) is 18.8.